The summed E-state index contributed by atoms with van der Waals surface area (Å²) in [5.41, 5.74) is 1.34. The Hall–Kier alpha value is -1.90. The van der Waals surface area contributed by atoms with Crippen LogP contribution in [0.2, 0.25) is 0 Å². The summed E-state index contributed by atoms with van der Waals surface area (Å²) in [6.45, 7) is 2.44. The van der Waals surface area contributed by atoms with E-state index in [9.17, 15) is 18.3 Å². The molecule has 0 radical (unpaired) electrons. The average molecular weight is 326 g/mol. The number of carbonyl (C=O) groups is 1. The molecule has 1 aromatic heterocycles. The summed E-state index contributed by atoms with van der Waals surface area (Å²) in [7, 11) is -3.93. The molecule has 2 aromatic rings. The van der Waals surface area contributed by atoms with Gasteiger partial charge in [0, 0.05) is 17.1 Å². The van der Waals surface area contributed by atoms with Gasteiger partial charge in [-0.05, 0) is 42.1 Å². The van der Waals surface area contributed by atoms with E-state index in [2.05, 4.69) is 5.32 Å². The molecule has 1 aromatic carbocycles. The average Bonchev–Trinajstić information content (AvgIpc) is 2.80. The van der Waals surface area contributed by atoms with Gasteiger partial charge in [0.1, 0.15) is 0 Å². The molecule has 0 amide bonds. The van der Waals surface area contributed by atoms with Gasteiger partial charge in [-0.3, -0.25) is 0 Å². The summed E-state index contributed by atoms with van der Waals surface area (Å²) in [6.07, 6.45) is 0. The van der Waals surface area contributed by atoms with Crippen molar-refractivity contribution in [2.24, 2.45) is 5.14 Å². The fourth-order valence-electron chi connectivity index (χ4n) is 1.79. The van der Waals surface area contributed by atoms with Crippen LogP contribution in [0, 0.1) is 6.92 Å². The van der Waals surface area contributed by atoms with Gasteiger partial charge < -0.3 is 10.4 Å². The highest BCUT2D eigenvalue weighted by Gasteiger charge is 2.16. The number of carboxylic acids is 1. The highest BCUT2D eigenvalue weighted by molar-refractivity contribution is 7.89. The third-order valence-corrected chi connectivity index (χ3v) is 4.89. The number of thiophene rings is 1. The second kappa shape index (κ2) is 5.84. The van der Waals surface area contributed by atoms with Crippen LogP contribution >= 0.6 is 11.3 Å². The van der Waals surface area contributed by atoms with Gasteiger partial charge in [0.2, 0.25) is 10.0 Å². The number of sulfonamides is 1. The molecule has 21 heavy (non-hydrogen) atoms. The normalized spacial score (nSPS) is 11.3. The lowest BCUT2D eigenvalue weighted by molar-refractivity contribution is 0.0697. The number of nitrogens with two attached hydrogens (primary N) is 1. The van der Waals surface area contributed by atoms with E-state index in [1.54, 1.807) is 11.3 Å². The molecule has 112 valence electrons. The Morgan fingerprint density at radius 2 is 2.10 bits per heavy atom. The van der Waals surface area contributed by atoms with Crippen molar-refractivity contribution in [2.75, 3.05) is 5.32 Å². The second-order valence-corrected chi connectivity index (χ2v) is 7.00. The fraction of sp³-hybridized carbons (Fsp3) is 0.154. The molecular weight excluding hydrogens is 312 g/mol. The smallest absolute Gasteiger partial charge is 0.337 e. The summed E-state index contributed by atoms with van der Waals surface area (Å²) in [4.78, 5) is 12.1. The van der Waals surface area contributed by atoms with Gasteiger partial charge in [-0.25, -0.2) is 18.4 Å². The molecule has 0 spiro atoms. The van der Waals surface area contributed by atoms with Crippen molar-refractivity contribution in [3.05, 3.63) is 45.6 Å². The molecule has 0 aliphatic carbocycles. The highest BCUT2D eigenvalue weighted by Crippen LogP contribution is 2.22. The van der Waals surface area contributed by atoms with Gasteiger partial charge in [-0.1, -0.05) is 0 Å². The largest absolute Gasteiger partial charge is 0.478 e. The molecule has 4 N–H and O–H groups in total. The molecule has 0 saturated heterocycles. The van der Waals surface area contributed by atoms with E-state index in [0.717, 1.165) is 16.5 Å². The van der Waals surface area contributed by atoms with Crippen molar-refractivity contribution >= 4 is 33.0 Å². The number of primary sulfonamides is 1. The maximum Gasteiger partial charge on any atom is 0.337 e. The summed E-state index contributed by atoms with van der Waals surface area (Å²) in [5.74, 6) is -1.22. The molecule has 0 aliphatic rings. The first-order chi connectivity index (χ1) is 9.79. The first-order valence-electron chi connectivity index (χ1n) is 5.96. The van der Waals surface area contributed by atoms with Crippen LogP contribution in [-0.2, 0) is 16.6 Å². The Morgan fingerprint density at radius 1 is 1.38 bits per heavy atom. The Kier molecular flexibility index (Phi) is 4.31. The summed E-state index contributed by atoms with van der Waals surface area (Å²) in [5, 5.41) is 19.2. The Balaban J connectivity index is 2.31. The van der Waals surface area contributed by atoms with E-state index in [0.29, 0.717) is 12.2 Å². The molecular formula is C13H14N2O4S2. The third-order valence-electron chi connectivity index (χ3n) is 2.96. The van der Waals surface area contributed by atoms with Gasteiger partial charge in [-0.2, -0.15) is 0 Å². The highest BCUT2D eigenvalue weighted by atomic mass is 32.2. The van der Waals surface area contributed by atoms with Crippen molar-refractivity contribution < 1.29 is 18.3 Å². The second-order valence-electron chi connectivity index (χ2n) is 4.44. The van der Waals surface area contributed by atoms with Crippen LogP contribution in [-0.4, -0.2) is 19.5 Å². The van der Waals surface area contributed by atoms with E-state index in [-0.39, 0.29) is 10.5 Å². The molecule has 0 saturated carbocycles. The monoisotopic (exact) mass is 326 g/mol. The van der Waals surface area contributed by atoms with Crippen LogP contribution < -0.4 is 10.5 Å². The standard InChI is InChI=1S/C13H14N2O4S2/c1-8-4-5-20-12(8)7-15-11-3-2-9(21(14,18)19)6-10(11)13(16)17/h2-6,15H,7H2,1H3,(H,16,17)(H2,14,18,19). The minimum absolute atomic E-state index is 0.129. The van der Waals surface area contributed by atoms with Gasteiger partial charge in [0.15, 0.2) is 0 Å². The van der Waals surface area contributed by atoms with E-state index >= 15 is 0 Å². The maximum absolute atomic E-state index is 11.3. The number of carboxylic acid groups (broad SMARTS) is 1. The molecule has 0 bridgehead atoms. The van der Waals surface area contributed by atoms with Crippen LogP contribution in [0.1, 0.15) is 20.8 Å². The summed E-state index contributed by atoms with van der Waals surface area (Å²) in [6, 6.07) is 5.72. The third kappa shape index (κ3) is 3.60. The Morgan fingerprint density at radius 3 is 2.62 bits per heavy atom. The number of aromatic carboxylic acids is 1. The Bertz CT molecular complexity index is 781. The quantitative estimate of drug-likeness (QED) is 0.778. The first-order valence-corrected chi connectivity index (χ1v) is 8.38. The number of rotatable bonds is 5. The minimum Gasteiger partial charge on any atom is -0.478 e. The predicted octanol–water partition coefficient (Wildman–Crippen LogP) is 2.01. The molecule has 0 fully saturated rings. The summed E-state index contributed by atoms with van der Waals surface area (Å²) >= 11 is 1.56. The number of aryl methyl sites for hydroxylation is 1. The summed E-state index contributed by atoms with van der Waals surface area (Å²) < 4.78 is 22.5. The van der Waals surface area contributed by atoms with Crippen LogP contribution in [0.25, 0.3) is 0 Å². The fourth-order valence-corrected chi connectivity index (χ4v) is 3.18. The van der Waals surface area contributed by atoms with Gasteiger partial charge >= 0.3 is 5.97 Å². The predicted molar refractivity (Wildman–Crippen MR) is 81.2 cm³/mol. The first kappa shape index (κ1) is 15.5. The zero-order valence-corrected chi connectivity index (χ0v) is 12.8. The SMILES string of the molecule is Cc1ccsc1CNc1ccc(S(N)(=O)=O)cc1C(=O)O. The van der Waals surface area contributed by atoms with Crippen molar-refractivity contribution in [3.8, 4) is 0 Å². The number of hydrogen-bond acceptors (Lipinski definition) is 5. The Labute approximate surface area is 126 Å². The molecule has 0 aliphatic heterocycles. The molecule has 2 rings (SSSR count). The van der Waals surface area contributed by atoms with E-state index in [1.807, 2.05) is 18.4 Å². The number of hydrogen-bond donors (Lipinski definition) is 3. The van der Waals surface area contributed by atoms with Crippen molar-refractivity contribution in [1.82, 2.24) is 0 Å². The van der Waals surface area contributed by atoms with Crippen LogP contribution in [0.4, 0.5) is 5.69 Å². The lowest BCUT2D eigenvalue weighted by atomic mass is 10.1. The van der Waals surface area contributed by atoms with Crippen molar-refractivity contribution in [1.29, 1.82) is 0 Å². The van der Waals surface area contributed by atoms with E-state index in [4.69, 9.17) is 5.14 Å². The maximum atomic E-state index is 11.3. The molecule has 0 unspecified atom stereocenters. The van der Waals surface area contributed by atoms with Crippen molar-refractivity contribution in [2.45, 2.75) is 18.4 Å². The van der Waals surface area contributed by atoms with Crippen LogP contribution in [0.3, 0.4) is 0 Å². The number of nitrogens with one attached hydrogen (secondary N) is 1. The van der Waals surface area contributed by atoms with Gasteiger partial charge in [0.05, 0.1) is 10.5 Å². The zero-order valence-electron chi connectivity index (χ0n) is 11.2. The van der Waals surface area contributed by atoms with Crippen LogP contribution in [0.15, 0.2) is 34.5 Å². The molecule has 8 heteroatoms. The minimum atomic E-state index is -3.93. The lowest BCUT2D eigenvalue weighted by Gasteiger charge is -2.10. The lowest BCUT2D eigenvalue weighted by Crippen LogP contribution is -2.14. The van der Waals surface area contributed by atoms with Crippen LogP contribution in [0.5, 0.6) is 0 Å². The van der Waals surface area contributed by atoms with Gasteiger partial charge in [0.25, 0.3) is 0 Å². The molecule has 1 heterocycles. The van der Waals surface area contributed by atoms with E-state index in [1.165, 1.54) is 12.1 Å². The number of anilines is 1. The van der Waals surface area contributed by atoms with Gasteiger partial charge in [-0.15, -0.1) is 11.3 Å². The molecule has 6 nitrogen and oxygen atoms in total. The van der Waals surface area contributed by atoms with E-state index < -0.39 is 16.0 Å². The molecule has 0 atom stereocenters. The topological polar surface area (TPSA) is 109 Å². The van der Waals surface area contributed by atoms with Crippen molar-refractivity contribution in [3.63, 3.8) is 0 Å². The zero-order chi connectivity index (χ0) is 15.6. The number of benzene rings is 1.